The molecule has 1 heterocycles. The summed E-state index contributed by atoms with van der Waals surface area (Å²) < 4.78 is 11.0. The number of ether oxygens (including phenoxy) is 1. The Bertz CT molecular complexity index is 900. The molecule has 1 aromatic heterocycles. The summed E-state index contributed by atoms with van der Waals surface area (Å²) in [5.74, 6) is 0.879. The molecule has 1 amide bonds. The van der Waals surface area contributed by atoms with Gasteiger partial charge in [0.15, 0.2) is 5.76 Å². The van der Waals surface area contributed by atoms with E-state index in [9.17, 15) is 4.79 Å². The zero-order chi connectivity index (χ0) is 18.7. The molecule has 136 valence electrons. The Kier molecular flexibility index (Phi) is 5.28. The van der Waals surface area contributed by atoms with Crippen molar-refractivity contribution in [2.75, 3.05) is 27.7 Å². The van der Waals surface area contributed by atoms with Crippen molar-refractivity contribution in [3.8, 4) is 5.75 Å². The summed E-state index contributed by atoms with van der Waals surface area (Å²) >= 11 is 0. The molecule has 1 N–H and O–H groups in total. The second-order valence-corrected chi connectivity index (χ2v) is 6.52. The number of fused-ring (bicyclic) bond motifs is 1. The lowest BCUT2D eigenvalue weighted by atomic mass is 10.1. The first-order valence-electron chi connectivity index (χ1n) is 8.58. The monoisotopic (exact) mass is 352 g/mol. The van der Waals surface area contributed by atoms with Crippen LogP contribution in [0.15, 0.2) is 52.9 Å². The Morgan fingerprint density at radius 2 is 1.92 bits per heavy atom. The molecule has 0 unspecified atom stereocenters. The summed E-state index contributed by atoms with van der Waals surface area (Å²) in [5.41, 5.74) is 2.65. The van der Waals surface area contributed by atoms with Crippen LogP contribution in [0, 0.1) is 6.92 Å². The highest BCUT2D eigenvalue weighted by Gasteiger charge is 2.20. The Morgan fingerprint density at radius 3 is 2.58 bits per heavy atom. The van der Waals surface area contributed by atoms with E-state index in [1.807, 2.05) is 57.4 Å². The van der Waals surface area contributed by atoms with E-state index in [1.54, 1.807) is 7.11 Å². The Labute approximate surface area is 153 Å². The highest BCUT2D eigenvalue weighted by atomic mass is 16.5. The van der Waals surface area contributed by atoms with Crippen molar-refractivity contribution in [1.82, 2.24) is 10.2 Å². The zero-order valence-corrected chi connectivity index (χ0v) is 15.6. The molecule has 3 rings (SSSR count). The molecule has 0 saturated carbocycles. The van der Waals surface area contributed by atoms with Crippen molar-refractivity contribution in [2.45, 2.75) is 13.0 Å². The smallest absolute Gasteiger partial charge is 0.287 e. The third-order valence-electron chi connectivity index (χ3n) is 4.61. The minimum atomic E-state index is -0.208. The van der Waals surface area contributed by atoms with Gasteiger partial charge in [-0.1, -0.05) is 30.3 Å². The molecular formula is C21H24N2O3. The van der Waals surface area contributed by atoms with Crippen LogP contribution in [-0.4, -0.2) is 38.6 Å². The van der Waals surface area contributed by atoms with E-state index in [0.29, 0.717) is 17.9 Å². The van der Waals surface area contributed by atoms with Gasteiger partial charge in [-0.25, -0.2) is 0 Å². The number of hydrogen-bond acceptors (Lipinski definition) is 4. The molecular weight excluding hydrogens is 328 g/mol. The first-order valence-corrected chi connectivity index (χ1v) is 8.58. The standard InChI is InChI=1S/C21H24N2O3/c1-14-17-12-16(25-4)10-11-19(17)26-20(14)21(24)22-13-18(23(2)3)15-8-6-5-7-9-15/h5-12,18H,13H2,1-4H3,(H,22,24)/t18-/m1/s1. The van der Waals surface area contributed by atoms with E-state index >= 15 is 0 Å². The van der Waals surface area contributed by atoms with Gasteiger partial charge in [-0.15, -0.1) is 0 Å². The predicted octanol–water partition coefficient (Wildman–Crippen LogP) is 3.78. The average Bonchev–Trinajstić information content (AvgIpc) is 2.98. The zero-order valence-electron chi connectivity index (χ0n) is 15.6. The minimum Gasteiger partial charge on any atom is -0.497 e. The summed E-state index contributed by atoms with van der Waals surface area (Å²) in [6, 6.07) is 15.7. The van der Waals surface area contributed by atoms with Crippen LogP contribution in [0.5, 0.6) is 5.75 Å². The van der Waals surface area contributed by atoms with Crippen LogP contribution >= 0.6 is 0 Å². The summed E-state index contributed by atoms with van der Waals surface area (Å²) in [7, 11) is 5.63. The van der Waals surface area contributed by atoms with E-state index in [0.717, 1.165) is 22.3 Å². The van der Waals surface area contributed by atoms with Gasteiger partial charge in [-0.05, 0) is 44.8 Å². The number of hydrogen-bond donors (Lipinski definition) is 1. The van der Waals surface area contributed by atoms with Gasteiger partial charge in [0.05, 0.1) is 13.2 Å². The number of carbonyl (C=O) groups is 1. The molecule has 0 aliphatic rings. The topological polar surface area (TPSA) is 54.7 Å². The number of furan rings is 1. The fourth-order valence-corrected chi connectivity index (χ4v) is 3.09. The van der Waals surface area contributed by atoms with Crippen LogP contribution in [0.2, 0.25) is 0 Å². The van der Waals surface area contributed by atoms with Gasteiger partial charge in [-0.3, -0.25) is 4.79 Å². The highest BCUT2D eigenvalue weighted by Crippen LogP contribution is 2.29. The molecule has 0 aliphatic heterocycles. The second kappa shape index (κ2) is 7.62. The van der Waals surface area contributed by atoms with Crippen LogP contribution in [0.4, 0.5) is 0 Å². The number of likely N-dealkylation sites (N-methyl/N-ethyl adjacent to an activating group) is 1. The maximum absolute atomic E-state index is 12.7. The Morgan fingerprint density at radius 1 is 1.19 bits per heavy atom. The van der Waals surface area contributed by atoms with Crippen LogP contribution in [0.25, 0.3) is 11.0 Å². The lowest BCUT2D eigenvalue weighted by molar-refractivity contribution is 0.0915. The largest absolute Gasteiger partial charge is 0.497 e. The fourth-order valence-electron chi connectivity index (χ4n) is 3.09. The van der Waals surface area contributed by atoms with Crippen molar-refractivity contribution in [3.05, 3.63) is 65.4 Å². The van der Waals surface area contributed by atoms with Crippen LogP contribution in [0.3, 0.4) is 0 Å². The van der Waals surface area contributed by atoms with Gasteiger partial charge in [0.2, 0.25) is 0 Å². The van der Waals surface area contributed by atoms with Crippen LogP contribution < -0.4 is 10.1 Å². The first kappa shape index (κ1) is 18.0. The van der Waals surface area contributed by atoms with Crippen molar-refractivity contribution >= 4 is 16.9 Å². The molecule has 0 radical (unpaired) electrons. The van der Waals surface area contributed by atoms with Gasteiger partial charge in [0, 0.05) is 17.5 Å². The molecule has 0 spiro atoms. The average molecular weight is 352 g/mol. The number of carbonyl (C=O) groups excluding carboxylic acids is 1. The molecule has 0 aliphatic carbocycles. The molecule has 2 aromatic carbocycles. The highest BCUT2D eigenvalue weighted by molar-refractivity contribution is 5.99. The molecule has 3 aromatic rings. The molecule has 5 nitrogen and oxygen atoms in total. The number of amides is 1. The van der Waals surface area contributed by atoms with Crippen molar-refractivity contribution in [2.24, 2.45) is 0 Å². The maximum atomic E-state index is 12.7. The number of rotatable bonds is 6. The molecule has 1 atom stereocenters. The number of aryl methyl sites for hydroxylation is 1. The maximum Gasteiger partial charge on any atom is 0.287 e. The van der Waals surface area contributed by atoms with Crippen LogP contribution in [-0.2, 0) is 0 Å². The van der Waals surface area contributed by atoms with Crippen molar-refractivity contribution in [3.63, 3.8) is 0 Å². The quantitative estimate of drug-likeness (QED) is 0.733. The lowest BCUT2D eigenvalue weighted by Crippen LogP contribution is -2.34. The molecule has 0 bridgehead atoms. The minimum absolute atomic E-state index is 0.0879. The van der Waals surface area contributed by atoms with E-state index in [4.69, 9.17) is 9.15 Å². The number of nitrogens with zero attached hydrogens (tertiary/aromatic N) is 1. The molecule has 0 saturated heterocycles. The summed E-state index contributed by atoms with van der Waals surface area (Å²) in [4.78, 5) is 14.8. The Balaban J connectivity index is 1.79. The van der Waals surface area contributed by atoms with Gasteiger partial charge < -0.3 is 19.4 Å². The van der Waals surface area contributed by atoms with Gasteiger partial charge >= 0.3 is 0 Å². The molecule has 26 heavy (non-hydrogen) atoms. The van der Waals surface area contributed by atoms with E-state index in [-0.39, 0.29) is 11.9 Å². The van der Waals surface area contributed by atoms with E-state index in [1.165, 1.54) is 0 Å². The first-order chi connectivity index (χ1) is 12.5. The number of nitrogens with one attached hydrogen (secondary N) is 1. The van der Waals surface area contributed by atoms with Gasteiger partial charge in [-0.2, -0.15) is 0 Å². The summed E-state index contributed by atoms with van der Waals surface area (Å²) in [5, 5.41) is 3.89. The predicted molar refractivity (Wildman–Crippen MR) is 103 cm³/mol. The second-order valence-electron chi connectivity index (χ2n) is 6.52. The summed E-state index contributed by atoms with van der Waals surface area (Å²) in [6.07, 6.45) is 0. The van der Waals surface area contributed by atoms with E-state index in [2.05, 4.69) is 22.3 Å². The SMILES string of the molecule is COc1ccc2oc(C(=O)NC[C@H](c3ccccc3)N(C)C)c(C)c2c1. The number of methoxy groups -OCH3 is 1. The van der Waals surface area contributed by atoms with Crippen molar-refractivity contribution < 1.29 is 13.9 Å². The normalized spacial score (nSPS) is 12.3. The molecule has 5 heteroatoms. The number of benzene rings is 2. The Hall–Kier alpha value is -2.79. The van der Waals surface area contributed by atoms with Gasteiger partial charge in [0.25, 0.3) is 5.91 Å². The van der Waals surface area contributed by atoms with Crippen LogP contribution in [0.1, 0.15) is 27.7 Å². The third kappa shape index (κ3) is 3.58. The van der Waals surface area contributed by atoms with Crippen molar-refractivity contribution in [1.29, 1.82) is 0 Å². The lowest BCUT2D eigenvalue weighted by Gasteiger charge is -2.25. The van der Waals surface area contributed by atoms with Gasteiger partial charge in [0.1, 0.15) is 11.3 Å². The molecule has 0 fully saturated rings. The fraction of sp³-hybridized carbons (Fsp3) is 0.286. The summed E-state index contributed by atoms with van der Waals surface area (Å²) in [6.45, 7) is 2.39. The van der Waals surface area contributed by atoms with E-state index < -0.39 is 0 Å². The third-order valence-corrected chi connectivity index (χ3v) is 4.61.